The molecular formula is C15H21NO2. The van der Waals surface area contributed by atoms with Crippen molar-refractivity contribution in [2.75, 3.05) is 11.9 Å². The van der Waals surface area contributed by atoms with Gasteiger partial charge in [-0.2, -0.15) is 0 Å². The van der Waals surface area contributed by atoms with Crippen molar-refractivity contribution >= 4 is 11.7 Å². The first-order valence-electron chi connectivity index (χ1n) is 6.78. The number of para-hydroxylation sites is 1. The Kier molecular flexibility index (Phi) is 4.62. The van der Waals surface area contributed by atoms with Gasteiger partial charge in [0.05, 0.1) is 12.5 Å². The predicted molar refractivity (Wildman–Crippen MR) is 72.4 cm³/mol. The van der Waals surface area contributed by atoms with E-state index in [-0.39, 0.29) is 11.9 Å². The zero-order valence-corrected chi connectivity index (χ0v) is 10.9. The van der Waals surface area contributed by atoms with Gasteiger partial charge < -0.3 is 10.1 Å². The van der Waals surface area contributed by atoms with Crippen molar-refractivity contribution in [1.82, 2.24) is 0 Å². The number of benzene rings is 1. The van der Waals surface area contributed by atoms with E-state index < -0.39 is 0 Å². The number of hydrogen-bond donors (Lipinski definition) is 1. The number of anilines is 1. The average Bonchev–Trinajstić information content (AvgIpc) is 2.41. The minimum absolute atomic E-state index is 0.0179. The van der Waals surface area contributed by atoms with Crippen LogP contribution in [0.5, 0.6) is 0 Å². The van der Waals surface area contributed by atoms with Crippen molar-refractivity contribution in [2.45, 2.75) is 38.6 Å². The summed E-state index contributed by atoms with van der Waals surface area (Å²) in [5, 5.41) is 3.52. The SMILES string of the molecule is CCOC(=O)C1CCC(Nc2ccccc2)CC1. The van der Waals surface area contributed by atoms with Crippen LogP contribution in [-0.4, -0.2) is 18.6 Å². The van der Waals surface area contributed by atoms with E-state index in [1.807, 2.05) is 25.1 Å². The summed E-state index contributed by atoms with van der Waals surface area (Å²) >= 11 is 0. The van der Waals surface area contributed by atoms with Gasteiger partial charge in [0.15, 0.2) is 0 Å². The van der Waals surface area contributed by atoms with Crippen LogP contribution in [0.15, 0.2) is 30.3 Å². The second kappa shape index (κ2) is 6.43. The van der Waals surface area contributed by atoms with Crippen molar-refractivity contribution in [3.05, 3.63) is 30.3 Å². The monoisotopic (exact) mass is 247 g/mol. The smallest absolute Gasteiger partial charge is 0.308 e. The molecule has 0 spiro atoms. The molecule has 0 unspecified atom stereocenters. The Hall–Kier alpha value is -1.51. The van der Waals surface area contributed by atoms with Crippen LogP contribution in [0.3, 0.4) is 0 Å². The van der Waals surface area contributed by atoms with Crippen LogP contribution in [0.4, 0.5) is 5.69 Å². The number of carbonyl (C=O) groups is 1. The topological polar surface area (TPSA) is 38.3 Å². The largest absolute Gasteiger partial charge is 0.466 e. The lowest BCUT2D eigenvalue weighted by molar-refractivity contribution is -0.149. The fourth-order valence-corrected chi connectivity index (χ4v) is 2.50. The molecule has 0 heterocycles. The molecule has 0 saturated heterocycles. The van der Waals surface area contributed by atoms with E-state index in [4.69, 9.17) is 4.74 Å². The third-order valence-corrected chi connectivity index (χ3v) is 3.49. The molecule has 1 aromatic carbocycles. The summed E-state index contributed by atoms with van der Waals surface area (Å²) < 4.78 is 5.08. The molecule has 1 fully saturated rings. The first-order chi connectivity index (χ1) is 8.79. The number of ether oxygens (including phenoxy) is 1. The fourth-order valence-electron chi connectivity index (χ4n) is 2.50. The lowest BCUT2D eigenvalue weighted by atomic mass is 9.86. The van der Waals surface area contributed by atoms with Crippen LogP contribution in [0.1, 0.15) is 32.6 Å². The van der Waals surface area contributed by atoms with E-state index in [9.17, 15) is 4.79 Å². The van der Waals surface area contributed by atoms with Crippen LogP contribution >= 0.6 is 0 Å². The third kappa shape index (κ3) is 3.49. The first-order valence-corrected chi connectivity index (χ1v) is 6.78. The van der Waals surface area contributed by atoms with E-state index >= 15 is 0 Å². The molecule has 0 radical (unpaired) electrons. The number of esters is 1. The maximum absolute atomic E-state index is 11.6. The molecule has 3 nitrogen and oxygen atoms in total. The van der Waals surface area contributed by atoms with E-state index in [0.717, 1.165) is 31.4 Å². The molecule has 18 heavy (non-hydrogen) atoms. The van der Waals surface area contributed by atoms with Gasteiger partial charge in [0.2, 0.25) is 0 Å². The Morgan fingerprint density at radius 2 is 1.89 bits per heavy atom. The van der Waals surface area contributed by atoms with Crippen molar-refractivity contribution in [1.29, 1.82) is 0 Å². The summed E-state index contributed by atoms with van der Waals surface area (Å²) in [7, 11) is 0. The van der Waals surface area contributed by atoms with E-state index in [1.165, 1.54) is 0 Å². The van der Waals surface area contributed by atoms with Crippen molar-refractivity contribution in [2.24, 2.45) is 5.92 Å². The Bertz CT molecular complexity index is 369. The quantitative estimate of drug-likeness (QED) is 0.830. The van der Waals surface area contributed by atoms with Gasteiger partial charge in [-0.25, -0.2) is 0 Å². The molecule has 0 atom stereocenters. The number of hydrogen-bond acceptors (Lipinski definition) is 3. The van der Waals surface area contributed by atoms with Crippen LogP contribution in [0.25, 0.3) is 0 Å². The van der Waals surface area contributed by atoms with E-state index in [1.54, 1.807) is 0 Å². The van der Waals surface area contributed by atoms with Crippen molar-refractivity contribution in [3.63, 3.8) is 0 Å². The highest BCUT2D eigenvalue weighted by atomic mass is 16.5. The Morgan fingerprint density at radius 3 is 2.50 bits per heavy atom. The Morgan fingerprint density at radius 1 is 1.22 bits per heavy atom. The van der Waals surface area contributed by atoms with Crippen molar-refractivity contribution in [3.8, 4) is 0 Å². The van der Waals surface area contributed by atoms with Gasteiger partial charge in [0.1, 0.15) is 0 Å². The number of carbonyl (C=O) groups excluding carboxylic acids is 1. The molecule has 0 aliphatic heterocycles. The van der Waals surface area contributed by atoms with Gasteiger partial charge in [-0.3, -0.25) is 4.79 Å². The Balaban J connectivity index is 1.78. The van der Waals surface area contributed by atoms with Gasteiger partial charge in [-0.15, -0.1) is 0 Å². The van der Waals surface area contributed by atoms with Gasteiger partial charge in [-0.1, -0.05) is 18.2 Å². The lowest BCUT2D eigenvalue weighted by Gasteiger charge is -2.28. The Labute approximate surface area is 109 Å². The third-order valence-electron chi connectivity index (χ3n) is 3.49. The summed E-state index contributed by atoms with van der Waals surface area (Å²) in [4.78, 5) is 11.6. The molecule has 2 rings (SSSR count). The fraction of sp³-hybridized carbons (Fsp3) is 0.533. The van der Waals surface area contributed by atoms with Gasteiger partial charge in [-0.05, 0) is 44.7 Å². The summed E-state index contributed by atoms with van der Waals surface area (Å²) in [6, 6.07) is 10.7. The zero-order valence-electron chi connectivity index (χ0n) is 10.9. The van der Waals surface area contributed by atoms with E-state index in [0.29, 0.717) is 12.6 Å². The standard InChI is InChI=1S/C15H21NO2/c1-2-18-15(17)12-8-10-14(11-9-12)16-13-6-4-3-5-7-13/h3-7,12,14,16H,2,8-11H2,1H3. The molecule has 3 heteroatoms. The molecule has 0 aromatic heterocycles. The zero-order chi connectivity index (χ0) is 12.8. The lowest BCUT2D eigenvalue weighted by Crippen LogP contribution is -2.30. The average molecular weight is 247 g/mol. The summed E-state index contributed by atoms with van der Waals surface area (Å²) in [5.41, 5.74) is 1.16. The molecule has 1 aliphatic carbocycles. The number of nitrogens with one attached hydrogen (secondary N) is 1. The predicted octanol–water partition coefficient (Wildman–Crippen LogP) is 3.22. The molecule has 1 saturated carbocycles. The van der Waals surface area contributed by atoms with Crippen LogP contribution in [0.2, 0.25) is 0 Å². The van der Waals surface area contributed by atoms with Crippen LogP contribution in [0, 0.1) is 5.92 Å². The summed E-state index contributed by atoms with van der Waals surface area (Å²) in [5.74, 6) is 0.0921. The molecule has 1 N–H and O–H groups in total. The second-order valence-electron chi connectivity index (χ2n) is 4.81. The first kappa shape index (κ1) is 12.9. The van der Waals surface area contributed by atoms with Gasteiger partial charge in [0, 0.05) is 11.7 Å². The molecular weight excluding hydrogens is 226 g/mol. The number of rotatable bonds is 4. The van der Waals surface area contributed by atoms with Gasteiger partial charge >= 0.3 is 5.97 Å². The minimum Gasteiger partial charge on any atom is -0.466 e. The highest BCUT2D eigenvalue weighted by Crippen LogP contribution is 2.27. The molecule has 1 aromatic rings. The maximum Gasteiger partial charge on any atom is 0.308 e. The second-order valence-corrected chi connectivity index (χ2v) is 4.81. The summed E-state index contributed by atoms with van der Waals surface area (Å²) in [6.07, 6.45) is 3.95. The van der Waals surface area contributed by atoms with Crippen LogP contribution < -0.4 is 5.32 Å². The normalized spacial score (nSPS) is 23.4. The molecule has 0 amide bonds. The molecule has 1 aliphatic rings. The van der Waals surface area contributed by atoms with Gasteiger partial charge in [0.25, 0.3) is 0 Å². The molecule has 98 valence electrons. The highest BCUT2D eigenvalue weighted by molar-refractivity contribution is 5.72. The maximum atomic E-state index is 11.6. The highest BCUT2D eigenvalue weighted by Gasteiger charge is 2.26. The summed E-state index contributed by atoms with van der Waals surface area (Å²) in [6.45, 7) is 2.35. The van der Waals surface area contributed by atoms with Crippen molar-refractivity contribution < 1.29 is 9.53 Å². The van der Waals surface area contributed by atoms with E-state index in [2.05, 4.69) is 17.4 Å². The minimum atomic E-state index is -0.0179. The molecule has 0 bridgehead atoms. The van der Waals surface area contributed by atoms with Crippen LogP contribution in [-0.2, 0) is 9.53 Å².